The first-order valence-electron chi connectivity index (χ1n) is 6.27. The minimum atomic E-state index is 0.829. The summed E-state index contributed by atoms with van der Waals surface area (Å²) in [6.07, 6.45) is 4.88. The minimum Gasteiger partial charge on any atom is -0.496 e. The van der Waals surface area contributed by atoms with Gasteiger partial charge in [-0.25, -0.2) is 0 Å². The van der Waals surface area contributed by atoms with Crippen LogP contribution in [0, 0.1) is 23.7 Å². The van der Waals surface area contributed by atoms with Gasteiger partial charge in [0.25, 0.3) is 0 Å². The van der Waals surface area contributed by atoms with Gasteiger partial charge in [-0.1, -0.05) is 24.3 Å². The fraction of sp³-hybridized carbons (Fsp3) is 0.467. The summed E-state index contributed by atoms with van der Waals surface area (Å²) in [7, 11) is 1.81. The first kappa shape index (κ1) is 7.94. The van der Waals surface area contributed by atoms with Crippen LogP contribution in [0.25, 0.3) is 0 Å². The number of ether oxygens (including phenoxy) is 1. The topological polar surface area (TPSA) is 9.23 Å². The van der Waals surface area contributed by atoms with Gasteiger partial charge >= 0.3 is 0 Å². The zero-order valence-corrected chi connectivity index (χ0v) is 9.26. The Balaban J connectivity index is 1.77. The molecule has 0 unspecified atom stereocenters. The highest BCUT2D eigenvalue weighted by Crippen LogP contribution is 2.80. The molecule has 0 aromatic heterocycles. The number of hydrogen-bond acceptors (Lipinski definition) is 1. The van der Waals surface area contributed by atoms with Gasteiger partial charge in [-0.05, 0) is 47.1 Å². The van der Waals surface area contributed by atoms with E-state index in [1.165, 1.54) is 0 Å². The van der Waals surface area contributed by atoms with Crippen molar-refractivity contribution >= 4 is 0 Å². The highest BCUT2D eigenvalue weighted by atomic mass is 16.5. The van der Waals surface area contributed by atoms with Crippen molar-refractivity contribution in [3.8, 4) is 5.75 Å². The third-order valence-electron chi connectivity index (χ3n) is 5.42. The van der Waals surface area contributed by atoms with Crippen molar-refractivity contribution in [2.24, 2.45) is 23.7 Å². The van der Waals surface area contributed by atoms with Gasteiger partial charge in [-0.2, -0.15) is 0 Å². The van der Waals surface area contributed by atoms with Crippen LogP contribution in [-0.2, 0) is 0 Å². The second-order valence-electron chi connectivity index (χ2n) is 5.71. The lowest BCUT2D eigenvalue weighted by molar-refractivity contribution is 0.393. The smallest absolute Gasteiger partial charge is 0.122 e. The Morgan fingerprint density at radius 1 is 1.00 bits per heavy atom. The van der Waals surface area contributed by atoms with Crippen LogP contribution in [-0.4, -0.2) is 7.11 Å². The van der Waals surface area contributed by atoms with E-state index in [1.807, 2.05) is 0 Å². The van der Waals surface area contributed by atoms with Crippen LogP contribution in [0.15, 0.2) is 30.4 Å². The lowest BCUT2D eigenvalue weighted by Crippen LogP contribution is -2.19. The van der Waals surface area contributed by atoms with E-state index < -0.39 is 0 Å². The standard InChI is InChI=1S/C15H14O/c1-16-10-4-2-3-9-11-7-5-6-8(7)13-14(11)15(13)12(9)10/h2-8,11,13-15H,1H3/t7-,8+,11+,13+,14-,15+/m0/s1. The van der Waals surface area contributed by atoms with E-state index in [-0.39, 0.29) is 0 Å². The van der Waals surface area contributed by atoms with E-state index in [9.17, 15) is 0 Å². The molecule has 1 nitrogen and oxygen atoms in total. The quantitative estimate of drug-likeness (QED) is 0.647. The van der Waals surface area contributed by atoms with Crippen LogP contribution >= 0.6 is 0 Å². The van der Waals surface area contributed by atoms with Gasteiger partial charge in [0.15, 0.2) is 0 Å². The number of rotatable bonds is 1. The van der Waals surface area contributed by atoms with Crippen LogP contribution < -0.4 is 4.74 Å². The lowest BCUT2D eigenvalue weighted by atomic mass is 9.76. The first-order chi connectivity index (χ1) is 7.92. The molecule has 4 aliphatic rings. The molecule has 6 atom stereocenters. The van der Waals surface area contributed by atoms with Crippen LogP contribution in [0.3, 0.4) is 0 Å². The van der Waals surface area contributed by atoms with E-state index in [0.29, 0.717) is 0 Å². The van der Waals surface area contributed by atoms with Crippen molar-refractivity contribution in [1.82, 2.24) is 0 Å². The average Bonchev–Trinajstić information content (AvgIpc) is 2.80. The van der Waals surface area contributed by atoms with Gasteiger partial charge in [0.05, 0.1) is 7.11 Å². The molecule has 0 amide bonds. The maximum Gasteiger partial charge on any atom is 0.122 e. The zero-order valence-electron chi connectivity index (χ0n) is 9.26. The van der Waals surface area contributed by atoms with Crippen molar-refractivity contribution in [2.45, 2.75) is 11.8 Å². The summed E-state index contributed by atoms with van der Waals surface area (Å²) in [6.45, 7) is 0. The third-order valence-corrected chi connectivity index (χ3v) is 5.42. The Bertz CT molecular complexity index is 530. The van der Waals surface area contributed by atoms with E-state index in [0.717, 1.165) is 41.3 Å². The Hall–Kier alpha value is -1.24. The van der Waals surface area contributed by atoms with Crippen LogP contribution in [0.1, 0.15) is 23.0 Å². The second-order valence-corrected chi connectivity index (χ2v) is 5.71. The largest absolute Gasteiger partial charge is 0.496 e. The number of hydrogen-bond donors (Lipinski definition) is 0. The van der Waals surface area contributed by atoms with Crippen LogP contribution in [0.2, 0.25) is 0 Å². The zero-order chi connectivity index (χ0) is 10.4. The predicted molar refractivity (Wildman–Crippen MR) is 61.6 cm³/mol. The SMILES string of the molecule is COc1cccc2c1[C@H]1[C@H]3[C@@H]2[C@H]2C=C[C@H]2[C@@H]13. The van der Waals surface area contributed by atoms with E-state index >= 15 is 0 Å². The summed E-state index contributed by atoms with van der Waals surface area (Å²) >= 11 is 0. The van der Waals surface area contributed by atoms with Crippen molar-refractivity contribution in [2.75, 3.05) is 7.11 Å². The van der Waals surface area contributed by atoms with Crippen molar-refractivity contribution in [1.29, 1.82) is 0 Å². The molecule has 2 saturated carbocycles. The lowest BCUT2D eigenvalue weighted by Gasteiger charge is -2.28. The van der Waals surface area contributed by atoms with Gasteiger partial charge in [-0.3, -0.25) is 0 Å². The summed E-state index contributed by atoms with van der Waals surface area (Å²) in [5.74, 6) is 6.48. The minimum absolute atomic E-state index is 0.829. The molecule has 0 aliphatic heterocycles. The number of allylic oxidation sites excluding steroid dienone is 2. The van der Waals surface area contributed by atoms with Crippen LogP contribution in [0.4, 0.5) is 0 Å². The van der Waals surface area contributed by atoms with Crippen LogP contribution in [0.5, 0.6) is 5.75 Å². The van der Waals surface area contributed by atoms with E-state index in [1.54, 1.807) is 18.2 Å². The van der Waals surface area contributed by atoms with Gasteiger partial charge in [0.2, 0.25) is 0 Å². The summed E-state index contributed by atoms with van der Waals surface area (Å²) in [5.41, 5.74) is 3.16. The molecule has 5 rings (SSSR count). The normalized spacial score (nSPS) is 48.1. The summed E-state index contributed by atoms with van der Waals surface area (Å²) < 4.78 is 5.55. The molecular weight excluding hydrogens is 196 g/mol. The highest BCUT2D eigenvalue weighted by Gasteiger charge is 2.72. The average molecular weight is 210 g/mol. The van der Waals surface area contributed by atoms with Gasteiger partial charge < -0.3 is 4.74 Å². The van der Waals surface area contributed by atoms with Gasteiger partial charge in [0, 0.05) is 5.56 Å². The fourth-order valence-corrected chi connectivity index (χ4v) is 4.87. The second kappa shape index (κ2) is 2.22. The molecule has 0 N–H and O–H groups in total. The first-order valence-corrected chi connectivity index (χ1v) is 6.27. The molecule has 0 radical (unpaired) electrons. The molecule has 16 heavy (non-hydrogen) atoms. The molecule has 0 heterocycles. The molecule has 0 bridgehead atoms. The molecule has 0 saturated heterocycles. The number of methoxy groups -OCH3 is 1. The van der Waals surface area contributed by atoms with Crippen molar-refractivity contribution < 1.29 is 4.74 Å². The highest BCUT2D eigenvalue weighted by molar-refractivity contribution is 5.59. The van der Waals surface area contributed by atoms with Gasteiger partial charge in [-0.15, -0.1) is 0 Å². The number of fused-ring (bicyclic) bond motifs is 7. The maximum atomic E-state index is 5.55. The summed E-state index contributed by atoms with van der Waals surface area (Å²) in [5, 5.41) is 0. The Kier molecular flexibility index (Phi) is 1.10. The van der Waals surface area contributed by atoms with Crippen molar-refractivity contribution in [3.63, 3.8) is 0 Å². The Morgan fingerprint density at radius 2 is 1.88 bits per heavy atom. The molecule has 1 aromatic carbocycles. The summed E-state index contributed by atoms with van der Waals surface area (Å²) in [6, 6.07) is 6.63. The molecule has 1 heteroatoms. The molecule has 0 spiro atoms. The number of benzene rings is 1. The van der Waals surface area contributed by atoms with Crippen molar-refractivity contribution in [3.05, 3.63) is 41.5 Å². The monoisotopic (exact) mass is 210 g/mol. The Labute approximate surface area is 95.1 Å². The fourth-order valence-electron chi connectivity index (χ4n) is 4.87. The Morgan fingerprint density at radius 3 is 2.62 bits per heavy atom. The molecule has 4 aliphatic carbocycles. The summed E-state index contributed by atoms with van der Waals surface area (Å²) in [4.78, 5) is 0. The predicted octanol–water partition coefficient (Wildman–Crippen LogP) is 2.94. The molecule has 80 valence electrons. The third kappa shape index (κ3) is 0.611. The van der Waals surface area contributed by atoms with Gasteiger partial charge in [0.1, 0.15) is 5.75 Å². The molecule has 2 fully saturated rings. The maximum absolute atomic E-state index is 5.55. The van der Waals surface area contributed by atoms with E-state index in [2.05, 4.69) is 30.4 Å². The molecular formula is C15H14O. The van der Waals surface area contributed by atoms with E-state index in [4.69, 9.17) is 4.74 Å². The molecule has 1 aromatic rings.